The molecule has 0 spiro atoms. The molecule has 2 fully saturated rings. The molecule has 1 aliphatic heterocycles. The Hall–Kier alpha value is -1.09. The van der Waals surface area contributed by atoms with Gasteiger partial charge in [-0.05, 0) is 30.3 Å². The van der Waals surface area contributed by atoms with Crippen molar-refractivity contribution in [2.24, 2.45) is 23.7 Å². The van der Waals surface area contributed by atoms with E-state index in [0.29, 0.717) is 11.8 Å². The fourth-order valence-electron chi connectivity index (χ4n) is 3.89. The number of carbonyl (C=O) groups excluding carboxylic acids is 1. The van der Waals surface area contributed by atoms with E-state index in [1.165, 1.54) is 5.57 Å². The van der Waals surface area contributed by atoms with Gasteiger partial charge in [0.05, 0.1) is 12.5 Å². The van der Waals surface area contributed by atoms with Crippen molar-refractivity contribution in [3.8, 4) is 0 Å². The van der Waals surface area contributed by atoms with Crippen molar-refractivity contribution in [3.63, 3.8) is 0 Å². The van der Waals surface area contributed by atoms with Gasteiger partial charge in [-0.2, -0.15) is 0 Å². The van der Waals surface area contributed by atoms with E-state index in [1.807, 2.05) is 6.92 Å². The number of ether oxygens (including phenoxy) is 1. The van der Waals surface area contributed by atoms with E-state index in [2.05, 4.69) is 12.7 Å². The summed E-state index contributed by atoms with van der Waals surface area (Å²) in [6.45, 7) is 6.29. The molecule has 1 N–H and O–H groups in total. The second kappa shape index (κ2) is 4.23. The van der Waals surface area contributed by atoms with E-state index in [0.717, 1.165) is 24.8 Å². The number of hydrogen-bond acceptors (Lipinski definition) is 3. The summed E-state index contributed by atoms with van der Waals surface area (Å²) in [5.41, 5.74) is 2.32. The Morgan fingerprint density at radius 3 is 3.00 bits per heavy atom. The molecule has 1 heterocycles. The number of hydrogen-bond donors (Lipinski definition) is 1. The summed E-state index contributed by atoms with van der Waals surface area (Å²) in [6, 6.07) is 0. The van der Waals surface area contributed by atoms with E-state index in [1.54, 1.807) is 0 Å². The largest absolute Gasteiger partial charge is 0.461 e. The molecule has 3 rings (SSSR count). The van der Waals surface area contributed by atoms with Crippen LogP contribution in [0.2, 0.25) is 0 Å². The minimum Gasteiger partial charge on any atom is -0.461 e. The maximum atomic E-state index is 11.7. The Kier molecular flexibility index (Phi) is 2.81. The van der Waals surface area contributed by atoms with Crippen molar-refractivity contribution in [2.75, 3.05) is 6.61 Å². The molecule has 0 unspecified atom stereocenters. The lowest BCUT2D eigenvalue weighted by molar-refractivity contribution is -0.143. The minimum absolute atomic E-state index is 0.0120. The van der Waals surface area contributed by atoms with Crippen molar-refractivity contribution in [3.05, 3.63) is 23.8 Å². The Bertz CT molecular complexity index is 423. The van der Waals surface area contributed by atoms with Crippen molar-refractivity contribution in [2.45, 2.75) is 32.3 Å². The number of rotatable bonds is 1. The van der Waals surface area contributed by atoms with Gasteiger partial charge in [0.1, 0.15) is 6.10 Å². The van der Waals surface area contributed by atoms with Crippen molar-refractivity contribution in [1.82, 2.24) is 0 Å². The fourth-order valence-corrected chi connectivity index (χ4v) is 3.89. The fraction of sp³-hybridized carbons (Fsp3) is 0.667. The average Bonchev–Trinajstić information content (AvgIpc) is 2.82. The molecule has 0 amide bonds. The summed E-state index contributed by atoms with van der Waals surface area (Å²) >= 11 is 0. The van der Waals surface area contributed by atoms with Gasteiger partial charge < -0.3 is 9.84 Å². The van der Waals surface area contributed by atoms with Crippen LogP contribution in [0, 0.1) is 23.7 Å². The van der Waals surface area contributed by atoms with Crippen LogP contribution >= 0.6 is 0 Å². The molecule has 0 aromatic rings. The van der Waals surface area contributed by atoms with Crippen LogP contribution < -0.4 is 0 Å². The van der Waals surface area contributed by atoms with Crippen LogP contribution in [0.4, 0.5) is 0 Å². The van der Waals surface area contributed by atoms with Crippen LogP contribution in [0.5, 0.6) is 0 Å². The van der Waals surface area contributed by atoms with Crippen LogP contribution in [-0.4, -0.2) is 23.8 Å². The smallest absolute Gasteiger partial charge is 0.309 e. The summed E-state index contributed by atoms with van der Waals surface area (Å²) < 4.78 is 5.48. The maximum absolute atomic E-state index is 11.7. The highest BCUT2D eigenvalue weighted by Gasteiger charge is 2.48. The minimum atomic E-state index is -0.0659. The number of esters is 1. The number of carbonyl (C=O) groups is 1. The quantitative estimate of drug-likeness (QED) is 0.571. The first-order valence-electron chi connectivity index (χ1n) is 6.79. The third-order valence-corrected chi connectivity index (χ3v) is 5.05. The lowest BCUT2D eigenvalue weighted by atomic mass is 9.80. The molecule has 0 radical (unpaired) electrons. The molecular weight excluding hydrogens is 228 g/mol. The Labute approximate surface area is 108 Å². The summed E-state index contributed by atoms with van der Waals surface area (Å²) in [4.78, 5) is 11.7. The van der Waals surface area contributed by atoms with E-state index in [9.17, 15) is 9.90 Å². The highest BCUT2D eigenvalue weighted by Crippen LogP contribution is 2.49. The highest BCUT2D eigenvalue weighted by molar-refractivity contribution is 5.75. The second-order valence-corrected chi connectivity index (χ2v) is 5.91. The summed E-state index contributed by atoms with van der Waals surface area (Å²) in [5.74, 6) is 1.03. The Morgan fingerprint density at radius 2 is 2.28 bits per heavy atom. The van der Waals surface area contributed by atoms with Crippen molar-refractivity contribution >= 4 is 5.97 Å². The predicted molar refractivity (Wildman–Crippen MR) is 67.7 cm³/mol. The molecule has 3 heteroatoms. The predicted octanol–water partition coefficient (Wildman–Crippen LogP) is 2.07. The number of fused-ring (bicyclic) bond motifs is 2. The molecule has 3 nitrogen and oxygen atoms in total. The molecule has 5 atom stereocenters. The summed E-state index contributed by atoms with van der Waals surface area (Å²) in [7, 11) is 0. The van der Waals surface area contributed by atoms with Gasteiger partial charge in [-0.1, -0.05) is 25.2 Å². The monoisotopic (exact) mass is 248 g/mol. The molecule has 98 valence electrons. The molecule has 18 heavy (non-hydrogen) atoms. The third kappa shape index (κ3) is 1.64. The topological polar surface area (TPSA) is 46.5 Å². The first-order chi connectivity index (χ1) is 8.61. The van der Waals surface area contributed by atoms with Gasteiger partial charge in [-0.25, -0.2) is 0 Å². The average molecular weight is 248 g/mol. The van der Waals surface area contributed by atoms with Crippen LogP contribution in [0.25, 0.3) is 0 Å². The van der Waals surface area contributed by atoms with Gasteiger partial charge in [0, 0.05) is 12.3 Å². The van der Waals surface area contributed by atoms with Gasteiger partial charge in [-0.3, -0.25) is 4.79 Å². The first-order valence-corrected chi connectivity index (χ1v) is 6.79. The van der Waals surface area contributed by atoms with E-state index >= 15 is 0 Å². The summed E-state index contributed by atoms with van der Waals surface area (Å²) in [6.07, 6.45) is 4.91. The van der Waals surface area contributed by atoms with Gasteiger partial charge in [0.2, 0.25) is 0 Å². The molecule has 1 saturated carbocycles. The summed E-state index contributed by atoms with van der Waals surface area (Å²) in [5, 5.41) is 9.45. The zero-order valence-electron chi connectivity index (χ0n) is 10.8. The third-order valence-electron chi connectivity index (χ3n) is 5.05. The van der Waals surface area contributed by atoms with E-state index in [4.69, 9.17) is 4.74 Å². The highest BCUT2D eigenvalue weighted by atomic mass is 16.6. The van der Waals surface area contributed by atoms with Gasteiger partial charge in [0.15, 0.2) is 0 Å². The van der Waals surface area contributed by atoms with E-state index < -0.39 is 0 Å². The molecule has 0 bridgehead atoms. The van der Waals surface area contributed by atoms with E-state index in [-0.39, 0.29) is 30.5 Å². The van der Waals surface area contributed by atoms with Crippen molar-refractivity contribution in [1.29, 1.82) is 0 Å². The first kappa shape index (κ1) is 12.0. The molecule has 1 saturated heterocycles. The Morgan fingerprint density at radius 1 is 1.50 bits per heavy atom. The molecule has 0 aromatic heterocycles. The van der Waals surface area contributed by atoms with Crippen LogP contribution in [0.1, 0.15) is 26.2 Å². The standard InChI is InChI=1S/C15H20O3/c1-8-5-14-12(9(2)15(17)18-14)6-13-10(7-16)3-4-11(8)13/h3,9,11-14,16H,1,4-7H2,2H3/t9-,11+,12-,13+,14-/m1/s1. The van der Waals surface area contributed by atoms with Gasteiger partial charge >= 0.3 is 5.97 Å². The van der Waals surface area contributed by atoms with Crippen LogP contribution in [-0.2, 0) is 9.53 Å². The zero-order valence-corrected chi connectivity index (χ0v) is 10.8. The van der Waals surface area contributed by atoms with Crippen molar-refractivity contribution < 1.29 is 14.6 Å². The zero-order chi connectivity index (χ0) is 12.9. The maximum Gasteiger partial charge on any atom is 0.309 e. The Balaban J connectivity index is 1.89. The molecule has 2 aliphatic carbocycles. The second-order valence-electron chi connectivity index (χ2n) is 5.91. The molecule has 0 aromatic carbocycles. The number of aliphatic hydroxyl groups excluding tert-OH is 1. The lowest BCUT2D eigenvalue weighted by Crippen LogP contribution is -2.21. The molecular formula is C15H20O3. The van der Waals surface area contributed by atoms with Gasteiger partial charge in [-0.15, -0.1) is 0 Å². The number of allylic oxidation sites excluding steroid dienone is 1. The lowest BCUT2D eigenvalue weighted by Gasteiger charge is -2.23. The van der Waals surface area contributed by atoms with Crippen LogP contribution in [0.15, 0.2) is 23.8 Å². The molecule has 3 aliphatic rings. The SMILES string of the molecule is C=C1C[C@H]2OC(=O)[C@H](C)[C@H]2C[C@H]2C(CO)=CC[C@@H]12. The van der Waals surface area contributed by atoms with Crippen LogP contribution in [0.3, 0.4) is 0 Å². The normalized spacial score (nSPS) is 43.0. The number of aliphatic hydroxyl groups is 1. The van der Waals surface area contributed by atoms with Gasteiger partial charge in [0.25, 0.3) is 0 Å².